The van der Waals surface area contributed by atoms with Crippen molar-refractivity contribution in [1.82, 2.24) is 10.2 Å². The van der Waals surface area contributed by atoms with Gasteiger partial charge >= 0.3 is 0 Å². The van der Waals surface area contributed by atoms with Gasteiger partial charge in [0.2, 0.25) is 5.91 Å². The summed E-state index contributed by atoms with van der Waals surface area (Å²) in [5.41, 5.74) is 0.385. The van der Waals surface area contributed by atoms with Crippen LogP contribution in [0.3, 0.4) is 0 Å². The third-order valence-electron chi connectivity index (χ3n) is 3.42. The molecule has 1 N–H and O–H groups in total. The number of hydrogen-bond acceptors (Lipinski definition) is 4. The highest BCUT2D eigenvalue weighted by atomic mass is 79.9. The molecular formula is C15H17BrN2O4. The van der Waals surface area contributed by atoms with Crippen molar-refractivity contribution in [3.8, 4) is 5.75 Å². The minimum absolute atomic E-state index is 0.0000770. The molecule has 0 saturated carbocycles. The van der Waals surface area contributed by atoms with Gasteiger partial charge in [0.1, 0.15) is 11.8 Å². The zero-order chi connectivity index (χ0) is 16.4. The van der Waals surface area contributed by atoms with Gasteiger partial charge in [-0.05, 0) is 48.0 Å². The highest BCUT2D eigenvalue weighted by Crippen LogP contribution is 2.25. The average molecular weight is 369 g/mol. The summed E-state index contributed by atoms with van der Waals surface area (Å²) in [7, 11) is 1.53. The number of imide groups is 1. The molecule has 1 atom stereocenters. The Morgan fingerprint density at radius 3 is 2.59 bits per heavy atom. The molecule has 3 amide bonds. The Morgan fingerprint density at radius 2 is 2.09 bits per heavy atom. The van der Waals surface area contributed by atoms with Gasteiger partial charge in [0, 0.05) is 11.6 Å². The monoisotopic (exact) mass is 368 g/mol. The second kappa shape index (κ2) is 6.48. The molecule has 2 rings (SSSR count). The number of ether oxygens (including phenoxy) is 1. The molecule has 1 aliphatic heterocycles. The minimum atomic E-state index is -0.803. The van der Waals surface area contributed by atoms with Crippen molar-refractivity contribution < 1.29 is 19.1 Å². The number of nitrogens with one attached hydrogen (secondary N) is 1. The summed E-state index contributed by atoms with van der Waals surface area (Å²) in [6.07, 6.45) is 0.0000770. The lowest BCUT2D eigenvalue weighted by Crippen LogP contribution is -2.43. The Morgan fingerprint density at radius 1 is 1.41 bits per heavy atom. The van der Waals surface area contributed by atoms with E-state index in [1.807, 2.05) is 0 Å². The van der Waals surface area contributed by atoms with E-state index >= 15 is 0 Å². The molecule has 1 unspecified atom stereocenters. The predicted octanol–water partition coefficient (Wildman–Crippen LogP) is 1.72. The fraction of sp³-hybridized carbons (Fsp3) is 0.400. The lowest BCUT2D eigenvalue weighted by Gasteiger charge is -2.19. The highest BCUT2D eigenvalue weighted by molar-refractivity contribution is 9.10. The van der Waals surface area contributed by atoms with Gasteiger partial charge in [-0.1, -0.05) is 0 Å². The van der Waals surface area contributed by atoms with Gasteiger partial charge in [0.05, 0.1) is 18.0 Å². The molecule has 0 aromatic heterocycles. The Kier molecular flexibility index (Phi) is 4.85. The van der Waals surface area contributed by atoms with Crippen LogP contribution in [-0.4, -0.2) is 41.8 Å². The van der Waals surface area contributed by atoms with Crippen LogP contribution in [0.1, 0.15) is 30.6 Å². The average Bonchev–Trinajstić information content (AvgIpc) is 2.73. The van der Waals surface area contributed by atoms with E-state index in [2.05, 4.69) is 21.2 Å². The molecule has 1 fully saturated rings. The SMILES string of the molecule is COc1ccc(C(=O)NC2CC(=O)N(C(C)C)C2=O)cc1Br. The van der Waals surface area contributed by atoms with Crippen molar-refractivity contribution in [2.75, 3.05) is 7.11 Å². The number of halogens is 1. The molecule has 0 spiro atoms. The van der Waals surface area contributed by atoms with Gasteiger partial charge in [-0.15, -0.1) is 0 Å². The van der Waals surface area contributed by atoms with E-state index in [9.17, 15) is 14.4 Å². The summed E-state index contributed by atoms with van der Waals surface area (Å²) in [5, 5.41) is 2.61. The summed E-state index contributed by atoms with van der Waals surface area (Å²) < 4.78 is 5.74. The van der Waals surface area contributed by atoms with Crippen molar-refractivity contribution in [2.45, 2.75) is 32.4 Å². The molecule has 1 saturated heterocycles. The quantitative estimate of drug-likeness (QED) is 0.821. The van der Waals surface area contributed by atoms with Crippen LogP contribution >= 0.6 is 15.9 Å². The topological polar surface area (TPSA) is 75.7 Å². The molecule has 7 heteroatoms. The van der Waals surface area contributed by atoms with Crippen LogP contribution in [-0.2, 0) is 9.59 Å². The molecule has 118 valence electrons. The summed E-state index contributed by atoms with van der Waals surface area (Å²) in [6.45, 7) is 3.53. The van der Waals surface area contributed by atoms with Crippen molar-refractivity contribution in [3.05, 3.63) is 28.2 Å². The number of carbonyl (C=O) groups is 3. The van der Waals surface area contributed by atoms with E-state index in [0.29, 0.717) is 15.8 Å². The maximum absolute atomic E-state index is 12.2. The predicted molar refractivity (Wildman–Crippen MR) is 83.6 cm³/mol. The second-order valence-corrected chi connectivity index (χ2v) is 6.13. The normalized spacial score (nSPS) is 18.0. The highest BCUT2D eigenvalue weighted by Gasteiger charge is 2.40. The van der Waals surface area contributed by atoms with Crippen molar-refractivity contribution in [2.24, 2.45) is 0 Å². The zero-order valence-electron chi connectivity index (χ0n) is 12.6. The van der Waals surface area contributed by atoms with Crippen LogP contribution in [0.25, 0.3) is 0 Å². The molecule has 1 aliphatic rings. The first-order chi connectivity index (χ1) is 10.3. The lowest BCUT2D eigenvalue weighted by molar-refractivity contribution is -0.140. The standard InChI is InChI=1S/C15H17BrN2O4/c1-8(2)18-13(19)7-11(15(18)21)17-14(20)9-4-5-12(22-3)10(16)6-9/h4-6,8,11H,7H2,1-3H3,(H,17,20). The first kappa shape index (κ1) is 16.5. The molecule has 0 radical (unpaired) electrons. The summed E-state index contributed by atoms with van der Waals surface area (Å²) >= 11 is 3.30. The number of methoxy groups -OCH3 is 1. The molecule has 22 heavy (non-hydrogen) atoms. The number of likely N-dealkylation sites (tertiary alicyclic amines) is 1. The van der Waals surface area contributed by atoms with Crippen LogP contribution in [0.2, 0.25) is 0 Å². The van der Waals surface area contributed by atoms with Gasteiger partial charge in [0.15, 0.2) is 0 Å². The van der Waals surface area contributed by atoms with Crippen molar-refractivity contribution in [1.29, 1.82) is 0 Å². The number of benzene rings is 1. The molecule has 1 aromatic rings. The molecular weight excluding hydrogens is 352 g/mol. The second-order valence-electron chi connectivity index (χ2n) is 5.28. The molecule has 6 nitrogen and oxygen atoms in total. The fourth-order valence-electron chi connectivity index (χ4n) is 2.36. The maximum Gasteiger partial charge on any atom is 0.252 e. The van der Waals surface area contributed by atoms with E-state index in [4.69, 9.17) is 4.74 Å². The van der Waals surface area contributed by atoms with E-state index in [-0.39, 0.29) is 24.3 Å². The minimum Gasteiger partial charge on any atom is -0.496 e. The molecule has 1 aromatic carbocycles. The van der Waals surface area contributed by atoms with Crippen molar-refractivity contribution in [3.63, 3.8) is 0 Å². The van der Waals surface area contributed by atoms with Crippen LogP contribution in [0.5, 0.6) is 5.75 Å². The Labute approximate surface area is 136 Å². The Hall–Kier alpha value is -1.89. The van der Waals surface area contributed by atoms with Crippen LogP contribution < -0.4 is 10.1 Å². The van der Waals surface area contributed by atoms with Gasteiger partial charge in [0.25, 0.3) is 11.8 Å². The molecule has 0 bridgehead atoms. The number of nitrogens with zero attached hydrogens (tertiary/aromatic N) is 1. The summed E-state index contributed by atoms with van der Waals surface area (Å²) in [6, 6.07) is 3.84. The molecule has 0 aliphatic carbocycles. The third-order valence-corrected chi connectivity index (χ3v) is 4.04. The van der Waals surface area contributed by atoms with Gasteiger partial charge in [-0.25, -0.2) is 0 Å². The number of amides is 3. The van der Waals surface area contributed by atoms with E-state index in [1.54, 1.807) is 32.0 Å². The fourth-order valence-corrected chi connectivity index (χ4v) is 2.90. The Balaban J connectivity index is 2.11. The number of hydrogen-bond donors (Lipinski definition) is 1. The van der Waals surface area contributed by atoms with Crippen LogP contribution in [0, 0.1) is 0 Å². The first-order valence-electron chi connectivity index (χ1n) is 6.85. The van der Waals surface area contributed by atoms with Gasteiger partial charge < -0.3 is 10.1 Å². The van der Waals surface area contributed by atoms with Crippen LogP contribution in [0.4, 0.5) is 0 Å². The van der Waals surface area contributed by atoms with Crippen molar-refractivity contribution >= 4 is 33.7 Å². The number of rotatable bonds is 4. The van der Waals surface area contributed by atoms with E-state index in [1.165, 1.54) is 12.0 Å². The smallest absolute Gasteiger partial charge is 0.252 e. The summed E-state index contributed by atoms with van der Waals surface area (Å²) in [5.74, 6) is -0.420. The van der Waals surface area contributed by atoms with Gasteiger partial charge in [-0.3, -0.25) is 19.3 Å². The van der Waals surface area contributed by atoms with E-state index < -0.39 is 11.9 Å². The largest absolute Gasteiger partial charge is 0.496 e. The first-order valence-corrected chi connectivity index (χ1v) is 7.64. The zero-order valence-corrected chi connectivity index (χ0v) is 14.1. The maximum atomic E-state index is 12.2. The number of carbonyl (C=O) groups excluding carboxylic acids is 3. The molecule has 1 heterocycles. The van der Waals surface area contributed by atoms with Gasteiger partial charge in [-0.2, -0.15) is 0 Å². The van der Waals surface area contributed by atoms with E-state index in [0.717, 1.165) is 0 Å². The lowest BCUT2D eigenvalue weighted by atomic mass is 10.1. The Bertz CT molecular complexity index is 630. The summed E-state index contributed by atoms with van der Waals surface area (Å²) in [4.78, 5) is 37.4. The van der Waals surface area contributed by atoms with Crippen LogP contribution in [0.15, 0.2) is 22.7 Å². The third kappa shape index (κ3) is 3.14.